The van der Waals surface area contributed by atoms with E-state index in [1.807, 2.05) is 0 Å². The van der Waals surface area contributed by atoms with Crippen molar-refractivity contribution in [3.8, 4) is 0 Å². The summed E-state index contributed by atoms with van der Waals surface area (Å²) < 4.78 is 0. The van der Waals surface area contributed by atoms with Crippen molar-refractivity contribution in [2.75, 3.05) is 0 Å². The Morgan fingerprint density at radius 3 is 2.36 bits per heavy atom. The molecule has 0 aromatic carbocycles. The largest absolute Gasteiger partial charge is 0.309 e. The van der Waals surface area contributed by atoms with E-state index < -0.39 is 5.00 Å². The molecule has 0 saturated carbocycles. The Morgan fingerprint density at radius 1 is 1.45 bits per heavy atom. The van der Waals surface area contributed by atoms with Crippen LogP contribution in [0.1, 0.15) is 12.8 Å². The monoisotopic (exact) mass is 171 g/mol. The smallest absolute Gasteiger partial charge is 0.116 e. The molecule has 0 heterocycles. The molecule has 1 nitrogen and oxygen atoms in total. The molecule has 0 amide bonds. The Kier molecular flexibility index (Phi) is 4.16. The van der Waals surface area contributed by atoms with E-state index in [9.17, 15) is 0 Å². The van der Waals surface area contributed by atoms with Gasteiger partial charge in [0.1, 0.15) is 5.00 Å². The molecule has 0 aliphatic heterocycles. The van der Waals surface area contributed by atoms with Crippen LogP contribution in [-0.4, -0.2) is 5.00 Å². The van der Waals surface area contributed by atoms with Gasteiger partial charge in [0.15, 0.2) is 0 Å². The van der Waals surface area contributed by atoms with Gasteiger partial charge in [-0.15, -0.1) is 13.2 Å². The Bertz CT molecular complexity index is 170. The third kappa shape index (κ3) is 3.40. The van der Waals surface area contributed by atoms with E-state index in [4.69, 9.17) is 17.3 Å². The van der Waals surface area contributed by atoms with Crippen molar-refractivity contribution in [1.82, 2.24) is 0 Å². The molecule has 0 bridgehead atoms. The van der Waals surface area contributed by atoms with Gasteiger partial charge in [-0.1, -0.05) is 30.3 Å². The molecule has 0 rings (SSSR count). The lowest BCUT2D eigenvalue weighted by atomic mass is 10.0. The van der Waals surface area contributed by atoms with Crippen LogP contribution in [0.15, 0.2) is 37.5 Å². The van der Waals surface area contributed by atoms with E-state index in [1.54, 1.807) is 12.2 Å². The summed E-state index contributed by atoms with van der Waals surface area (Å²) in [5, 5.41) is 0. The molecule has 0 radical (unpaired) electrons. The van der Waals surface area contributed by atoms with Crippen LogP contribution in [0.3, 0.4) is 0 Å². The van der Waals surface area contributed by atoms with Crippen LogP contribution < -0.4 is 5.73 Å². The fourth-order valence-electron chi connectivity index (χ4n) is 0.698. The first-order valence-corrected chi connectivity index (χ1v) is 3.80. The molecule has 0 saturated heterocycles. The molecule has 62 valence electrons. The van der Waals surface area contributed by atoms with Gasteiger partial charge in [-0.05, 0) is 12.0 Å². The Balaban J connectivity index is 4.15. The standard InChI is InChI=1S/C9H14ClN/c1-4-6-8(3)9(10,11)7-5-2/h4-5H,1-3,6-7,11H2. The zero-order valence-corrected chi connectivity index (χ0v) is 7.40. The highest BCUT2D eigenvalue weighted by atomic mass is 35.5. The number of halogens is 1. The molecular formula is C9H14ClN. The first-order valence-electron chi connectivity index (χ1n) is 3.42. The number of rotatable bonds is 5. The second-order valence-electron chi connectivity index (χ2n) is 2.45. The summed E-state index contributed by atoms with van der Waals surface area (Å²) >= 11 is 5.92. The van der Waals surface area contributed by atoms with Crippen LogP contribution in [0.5, 0.6) is 0 Å². The van der Waals surface area contributed by atoms with Gasteiger partial charge in [-0.3, -0.25) is 0 Å². The SMILES string of the molecule is C=CCC(=C)C(N)(Cl)CC=C. The van der Waals surface area contributed by atoms with Gasteiger partial charge < -0.3 is 5.73 Å². The molecular weight excluding hydrogens is 158 g/mol. The summed E-state index contributed by atoms with van der Waals surface area (Å²) in [4.78, 5) is -0.851. The lowest BCUT2D eigenvalue weighted by molar-refractivity contribution is 0.692. The zero-order chi connectivity index (χ0) is 8.91. The van der Waals surface area contributed by atoms with E-state index >= 15 is 0 Å². The summed E-state index contributed by atoms with van der Waals surface area (Å²) in [5.74, 6) is 0. The van der Waals surface area contributed by atoms with E-state index in [0.717, 1.165) is 5.57 Å². The van der Waals surface area contributed by atoms with Crippen molar-refractivity contribution in [2.24, 2.45) is 5.73 Å². The summed E-state index contributed by atoms with van der Waals surface area (Å²) in [6.07, 6.45) is 4.59. The number of hydrogen-bond acceptors (Lipinski definition) is 1. The summed E-state index contributed by atoms with van der Waals surface area (Å²) in [7, 11) is 0. The van der Waals surface area contributed by atoms with Crippen molar-refractivity contribution in [1.29, 1.82) is 0 Å². The Labute approximate surface area is 73.2 Å². The summed E-state index contributed by atoms with van der Waals surface area (Å²) in [6, 6.07) is 0. The first-order chi connectivity index (χ1) is 5.04. The molecule has 2 N–H and O–H groups in total. The number of alkyl halides is 1. The van der Waals surface area contributed by atoms with Gasteiger partial charge in [0.2, 0.25) is 0 Å². The molecule has 0 aromatic rings. The fraction of sp³-hybridized carbons (Fsp3) is 0.333. The first kappa shape index (κ1) is 10.5. The van der Waals surface area contributed by atoms with E-state index in [1.165, 1.54) is 0 Å². The minimum Gasteiger partial charge on any atom is -0.309 e. The Morgan fingerprint density at radius 2 is 2.00 bits per heavy atom. The van der Waals surface area contributed by atoms with E-state index in [0.29, 0.717) is 12.8 Å². The maximum absolute atomic E-state index is 5.92. The highest BCUT2D eigenvalue weighted by Gasteiger charge is 2.21. The lowest BCUT2D eigenvalue weighted by Crippen LogP contribution is -2.34. The lowest BCUT2D eigenvalue weighted by Gasteiger charge is -2.21. The summed E-state index contributed by atoms with van der Waals surface area (Å²) in [5.41, 5.74) is 6.48. The molecule has 0 aliphatic rings. The number of hydrogen-bond donors (Lipinski definition) is 1. The average molecular weight is 172 g/mol. The Hall–Kier alpha value is -0.530. The summed E-state index contributed by atoms with van der Waals surface area (Å²) in [6.45, 7) is 10.9. The molecule has 0 aliphatic carbocycles. The normalized spacial score (nSPS) is 15.1. The van der Waals surface area contributed by atoms with Crippen LogP contribution in [0.2, 0.25) is 0 Å². The van der Waals surface area contributed by atoms with Gasteiger partial charge >= 0.3 is 0 Å². The number of allylic oxidation sites excluding steroid dienone is 1. The van der Waals surface area contributed by atoms with Crippen molar-refractivity contribution in [3.63, 3.8) is 0 Å². The zero-order valence-electron chi connectivity index (χ0n) is 6.65. The van der Waals surface area contributed by atoms with Crippen LogP contribution in [0.25, 0.3) is 0 Å². The van der Waals surface area contributed by atoms with Crippen LogP contribution in [0.4, 0.5) is 0 Å². The minimum atomic E-state index is -0.851. The second kappa shape index (κ2) is 4.37. The number of nitrogens with two attached hydrogens (primary N) is 1. The highest BCUT2D eigenvalue weighted by molar-refractivity contribution is 6.25. The van der Waals surface area contributed by atoms with Crippen molar-refractivity contribution < 1.29 is 0 Å². The molecule has 0 spiro atoms. The van der Waals surface area contributed by atoms with E-state index in [-0.39, 0.29) is 0 Å². The van der Waals surface area contributed by atoms with Gasteiger partial charge in [-0.2, -0.15) is 0 Å². The predicted octanol–water partition coefficient (Wildman–Crippen LogP) is 2.59. The third-order valence-electron chi connectivity index (χ3n) is 1.42. The predicted molar refractivity (Wildman–Crippen MR) is 51.5 cm³/mol. The molecule has 1 atom stereocenters. The van der Waals surface area contributed by atoms with E-state index in [2.05, 4.69) is 19.7 Å². The maximum Gasteiger partial charge on any atom is 0.116 e. The molecule has 1 unspecified atom stereocenters. The van der Waals surface area contributed by atoms with Crippen LogP contribution in [-0.2, 0) is 0 Å². The molecule has 0 fully saturated rings. The topological polar surface area (TPSA) is 26.0 Å². The average Bonchev–Trinajstić information content (AvgIpc) is 1.88. The van der Waals surface area contributed by atoms with Gasteiger partial charge in [0.25, 0.3) is 0 Å². The quantitative estimate of drug-likeness (QED) is 0.384. The minimum absolute atomic E-state index is 0.529. The van der Waals surface area contributed by atoms with Crippen LogP contribution in [0, 0.1) is 0 Å². The second-order valence-corrected chi connectivity index (χ2v) is 3.13. The maximum atomic E-state index is 5.92. The molecule has 2 heteroatoms. The van der Waals surface area contributed by atoms with Gasteiger partial charge in [0.05, 0.1) is 0 Å². The van der Waals surface area contributed by atoms with Crippen molar-refractivity contribution in [2.45, 2.75) is 17.8 Å². The van der Waals surface area contributed by atoms with Crippen molar-refractivity contribution >= 4 is 11.6 Å². The third-order valence-corrected chi connectivity index (χ3v) is 1.84. The van der Waals surface area contributed by atoms with Gasteiger partial charge in [0, 0.05) is 6.42 Å². The fourth-order valence-corrected chi connectivity index (χ4v) is 0.885. The molecule has 11 heavy (non-hydrogen) atoms. The van der Waals surface area contributed by atoms with Crippen molar-refractivity contribution in [3.05, 3.63) is 37.5 Å². The molecule has 0 aromatic heterocycles. The highest BCUT2D eigenvalue weighted by Crippen LogP contribution is 2.24. The van der Waals surface area contributed by atoms with Gasteiger partial charge in [-0.25, -0.2) is 0 Å². The van der Waals surface area contributed by atoms with Crippen LogP contribution >= 0.6 is 11.6 Å².